The summed E-state index contributed by atoms with van der Waals surface area (Å²) in [4.78, 5) is 0. The van der Waals surface area contributed by atoms with Gasteiger partial charge >= 0.3 is 0 Å². The van der Waals surface area contributed by atoms with E-state index in [-0.39, 0.29) is 5.38 Å². The smallest absolute Gasteiger partial charge is 0.169 e. The van der Waals surface area contributed by atoms with Crippen molar-refractivity contribution in [1.29, 1.82) is 0 Å². The van der Waals surface area contributed by atoms with E-state index in [1.807, 2.05) is 12.1 Å². The molecule has 2 rings (SSSR count). The third-order valence-electron chi connectivity index (χ3n) is 2.94. The first-order valence-electron chi connectivity index (χ1n) is 6.19. The van der Waals surface area contributed by atoms with E-state index in [1.54, 1.807) is 0 Å². The average molecular weight is 328 g/mol. The van der Waals surface area contributed by atoms with Crippen LogP contribution in [0, 0.1) is 0 Å². The molecule has 1 unspecified atom stereocenters. The van der Waals surface area contributed by atoms with Gasteiger partial charge in [0.2, 0.25) is 0 Å². The predicted octanol–water partition coefficient (Wildman–Crippen LogP) is 5.71. The topological polar surface area (TPSA) is 13.1 Å². The van der Waals surface area contributed by atoms with Crippen LogP contribution in [-0.4, -0.2) is 0 Å². The van der Waals surface area contributed by atoms with Crippen molar-refractivity contribution in [2.45, 2.75) is 31.6 Å². The largest absolute Gasteiger partial charge is 0.452 e. The maximum atomic E-state index is 6.39. The van der Waals surface area contributed by atoms with Crippen LogP contribution in [0.1, 0.15) is 42.0 Å². The van der Waals surface area contributed by atoms with Crippen molar-refractivity contribution in [3.05, 3.63) is 58.0 Å². The fourth-order valence-corrected chi connectivity index (χ4v) is 2.44. The van der Waals surface area contributed by atoms with Crippen LogP contribution in [0.25, 0.3) is 0 Å². The molecule has 18 heavy (non-hydrogen) atoms. The van der Waals surface area contributed by atoms with Crippen LogP contribution in [0.15, 0.2) is 45.5 Å². The first kappa shape index (κ1) is 13.7. The number of unbranched alkanes of at least 4 members (excludes halogenated alkanes) is 1. The summed E-state index contributed by atoms with van der Waals surface area (Å²) in [6, 6.07) is 12.2. The van der Waals surface area contributed by atoms with Gasteiger partial charge in [-0.1, -0.05) is 37.6 Å². The summed E-state index contributed by atoms with van der Waals surface area (Å²) in [5, 5.41) is -0.225. The van der Waals surface area contributed by atoms with E-state index in [0.717, 1.165) is 17.7 Å². The number of alkyl halides is 1. The first-order chi connectivity index (χ1) is 8.70. The van der Waals surface area contributed by atoms with Crippen molar-refractivity contribution in [2.24, 2.45) is 0 Å². The molecule has 1 heterocycles. The Balaban J connectivity index is 2.09. The highest BCUT2D eigenvalue weighted by Crippen LogP contribution is 2.31. The van der Waals surface area contributed by atoms with E-state index in [1.165, 1.54) is 18.4 Å². The monoisotopic (exact) mass is 326 g/mol. The lowest BCUT2D eigenvalue weighted by molar-refractivity contribution is 0.494. The number of aryl methyl sites for hydroxylation is 1. The van der Waals surface area contributed by atoms with E-state index in [9.17, 15) is 0 Å². The van der Waals surface area contributed by atoms with Crippen molar-refractivity contribution in [3.8, 4) is 0 Å². The molecule has 0 radical (unpaired) electrons. The summed E-state index contributed by atoms with van der Waals surface area (Å²) < 4.78 is 6.19. The first-order valence-corrected chi connectivity index (χ1v) is 7.41. The van der Waals surface area contributed by atoms with Gasteiger partial charge in [-0.3, -0.25) is 0 Å². The van der Waals surface area contributed by atoms with Crippen molar-refractivity contribution >= 4 is 27.5 Å². The second-order valence-electron chi connectivity index (χ2n) is 4.35. The summed E-state index contributed by atoms with van der Waals surface area (Å²) >= 11 is 9.67. The molecule has 1 aromatic carbocycles. The van der Waals surface area contributed by atoms with Gasteiger partial charge in [0, 0.05) is 0 Å². The molecule has 0 aliphatic rings. The van der Waals surface area contributed by atoms with E-state index < -0.39 is 0 Å². The third-order valence-corrected chi connectivity index (χ3v) is 3.83. The fraction of sp³-hybridized carbons (Fsp3) is 0.333. The zero-order chi connectivity index (χ0) is 13.0. The Morgan fingerprint density at radius 1 is 1.17 bits per heavy atom. The lowest BCUT2D eigenvalue weighted by Gasteiger charge is -2.08. The normalized spacial score (nSPS) is 12.6. The number of hydrogen-bond donors (Lipinski definition) is 0. The Labute approximate surface area is 121 Å². The third kappa shape index (κ3) is 3.39. The number of benzene rings is 1. The molecule has 1 atom stereocenters. The van der Waals surface area contributed by atoms with Crippen molar-refractivity contribution in [2.75, 3.05) is 0 Å². The molecule has 1 nitrogen and oxygen atoms in total. The molecule has 0 spiro atoms. The minimum absolute atomic E-state index is 0.225. The SMILES string of the molecule is CCCCc1ccc(C(Cl)c2ccc(Br)o2)cc1. The summed E-state index contributed by atoms with van der Waals surface area (Å²) in [6.45, 7) is 2.21. The second-order valence-corrected chi connectivity index (χ2v) is 5.57. The van der Waals surface area contributed by atoms with Gasteiger partial charge in [-0.05, 0) is 52.0 Å². The molecule has 2 aromatic rings. The van der Waals surface area contributed by atoms with E-state index >= 15 is 0 Å². The zero-order valence-corrected chi connectivity index (χ0v) is 12.7. The Morgan fingerprint density at radius 2 is 1.89 bits per heavy atom. The van der Waals surface area contributed by atoms with E-state index in [4.69, 9.17) is 16.0 Å². The van der Waals surface area contributed by atoms with Gasteiger partial charge in [0.05, 0.1) is 0 Å². The summed E-state index contributed by atoms with van der Waals surface area (Å²) in [5.74, 6) is 0.768. The Bertz CT molecular complexity index is 489. The van der Waals surface area contributed by atoms with Gasteiger partial charge in [-0.15, -0.1) is 11.6 Å². The highest BCUT2D eigenvalue weighted by molar-refractivity contribution is 9.10. The lowest BCUT2D eigenvalue weighted by atomic mass is 10.0. The minimum atomic E-state index is -0.225. The zero-order valence-electron chi connectivity index (χ0n) is 10.3. The summed E-state index contributed by atoms with van der Waals surface area (Å²) in [5.41, 5.74) is 2.43. The number of rotatable bonds is 5. The maximum Gasteiger partial charge on any atom is 0.169 e. The van der Waals surface area contributed by atoms with Crippen LogP contribution in [0.2, 0.25) is 0 Å². The molecule has 1 aromatic heterocycles. The molecule has 0 saturated carbocycles. The van der Waals surface area contributed by atoms with Crippen molar-refractivity contribution < 1.29 is 4.42 Å². The van der Waals surface area contributed by atoms with Crippen LogP contribution in [0.5, 0.6) is 0 Å². The molecule has 0 saturated heterocycles. The highest BCUT2D eigenvalue weighted by atomic mass is 79.9. The van der Waals surface area contributed by atoms with E-state index in [0.29, 0.717) is 4.67 Å². The van der Waals surface area contributed by atoms with Crippen LogP contribution in [-0.2, 0) is 6.42 Å². The van der Waals surface area contributed by atoms with Crippen LogP contribution < -0.4 is 0 Å². The molecule has 96 valence electrons. The second kappa shape index (κ2) is 6.44. The van der Waals surface area contributed by atoms with Crippen LogP contribution in [0.3, 0.4) is 0 Å². The quantitative estimate of drug-likeness (QED) is 0.641. The Hall–Kier alpha value is -0.730. The standard InChI is InChI=1S/C15H16BrClO/c1-2-3-4-11-5-7-12(8-6-11)15(17)13-9-10-14(16)18-13/h5-10,15H,2-4H2,1H3. The molecule has 0 aliphatic heterocycles. The average Bonchev–Trinajstić information content (AvgIpc) is 2.83. The van der Waals surface area contributed by atoms with Gasteiger partial charge in [-0.25, -0.2) is 0 Å². The summed E-state index contributed by atoms with van der Waals surface area (Å²) in [7, 11) is 0. The van der Waals surface area contributed by atoms with Crippen LogP contribution >= 0.6 is 27.5 Å². The van der Waals surface area contributed by atoms with E-state index in [2.05, 4.69) is 47.1 Å². The van der Waals surface area contributed by atoms with Crippen LogP contribution in [0.4, 0.5) is 0 Å². The predicted molar refractivity (Wildman–Crippen MR) is 79.2 cm³/mol. The Morgan fingerprint density at radius 3 is 2.44 bits per heavy atom. The van der Waals surface area contributed by atoms with Crippen molar-refractivity contribution in [3.63, 3.8) is 0 Å². The van der Waals surface area contributed by atoms with Gasteiger partial charge in [0.1, 0.15) is 11.1 Å². The highest BCUT2D eigenvalue weighted by Gasteiger charge is 2.14. The molecule has 0 amide bonds. The number of hydrogen-bond acceptors (Lipinski definition) is 1. The molecular weight excluding hydrogens is 312 g/mol. The number of halogens is 2. The molecule has 0 N–H and O–H groups in total. The lowest BCUT2D eigenvalue weighted by Crippen LogP contribution is -1.92. The minimum Gasteiger partial charge on any atom is -0.452 e. The maximum absolute atomic E-state index is 6.39. The summed E-state index contributed by atoms with van der Waals surface area (Å²) in [6.07, 6.45) is 3.59. The van der Waals surface area contributed by atoms with Crippen molar-refractivity contribution in [1.82, 2.24) is 0 Å². The van der Waals surface area contributed by atoms with Gasteiger partial charge < -0.3 is 4.42 Å². The van der Waals surface area contributed by atoms with Gasteiger partial charge in [0.25, 0.3) is 0 Å². The Kier molecular flexibility index (Phi) is 4.90. The molecule has 0 bridgehead atoms. The number of furan rings is 1. The fourth-order valence-electron chi connectivity index (χ4n) is 1.86. The molecule has 3 heteroatoms. The molecule has 0 fully saturated rings. The molecule has 0 aliphatic carbocycles. The molecular formula is C15H16BrClO. The van der Waals surface area contributed by atoms with Gasteiger partial charge in [-0.2, -0.15) is 0 Å². The van der Waals surface area contributed by atoms with Gasteiger partial charge in [0.15, 0.2) is 4.67 Å².